The van der Waals surface area contributed by atoms with Crippen molar-refractivity contribution in [2.24, 2.45) is 13.0 Å². The second-order valence-electron chi connectivity index (χ2n) is 7.93. The van der Waals surface area contributed by atoms with Gasteiger partial charge in [-0.25, -0.2) is 0 Å². The number of rotatable bonds is 7. The van der Waals surface area contributed by atoms with Crippen LogP contribution in [0.3, 0.4) is 0 Å². The molecule has 0 radical (unpaired) electrons. The number of aryl methyl sites for hydroxylation is 2. The molecule has 2 N–H and O–H groups in total. The number of halogens is 1. The van der Waals surface area contributed by atoms with E-state index in [1.165, 1.54) is 10.9 Å². The molecule has 0 aliphatic rings. The van der Waals surface area contributed by atoms with Crippen LogP contribution in [-0.2, 0) is 13.6 Å². The summed E-state index contributed by atoms with van der Waals surface area (Å²) in [7, 11) is 1.67. The first-order chi connectivity index (χ1) is 14.7. The highest BCUT2D eigenvalue weighted by Crippen LogP contribution is 2.21. The Morgan fingerprint density at radius 2 is 1.94 bits per heavy atom. The van der Waals surface area contributed by atoms with E-state index in [2.05, 4.69) is 36.8 Å². The monoisotopic (exact) mass is 486 g/mol. The number of benzene rings is 1. The van der Waals surface area contributed by atoms with Crippen LogP contribution in [-0.4, -0.2) is 37.9 Å². The van der Waals surface area contributed by atoms with Crippen molar-refractivity contribution in [1.82, 2.24) is 24.9 Å². The van der Waals surface area contributed by atoms with Gasteiger partial charge in [-0.2, -0.15) is 10.2 Å². The summed E-state index contributed by atoms with van der Waals surface area (Å²) in [6.07, 6.45) is 1.49. The predicted octanol–water partition coefficient (Wildman–Crippen LogP) is 3.68. The van der Waals surface area contributed by atoms with E-state index in [4.69, 9.17) is 0 Å². The maximum Gasteiger partial charge on any atom is 0.271 e. The Morgan fingerprint density at radius 1 is 1.19 bits per heavy atom. The smallest absolute Gasteiger partial charge is 0.271 e. The quantitative estimate of drug-likeness (QED) is 0.532. The summed E-state index contributed by atoms with van der Waals surface area (Å²) in [6, 6.07) is 7.36. The zero-order chi connectivity index (χ0) is 22.7. The lowest BCUT2D eigenvalue weighted by Gasteiger charge is -2.11. The lowest BCUT2D eigenvalue weighted by molar-refractivity contribution is 0.0940. The number of nitrogens with one attached hydrogen (secondary N) is 2. The molecule has 2 aromatic heterocycles. The van der Waals surface area contributed by atoms with Crippen LogP contribution in [0, 0.1) is 19.8 Å². The summed E-state index contributed by atoms with van der Waals surface area (Å²) in [5.41, 5.74) is 4.09. The second-order valence-corrected chi connectivity index (χ2v) is 8.72. The van der Waals surface area contributed by atoms with Gasteiger partial charge in [0.1, 0.15) is 5.69 Å². The molecule has 0 bridgehead atoms. The van der Waals surface area contributed by atoms with E-state index in [1.807, 2.05) is 50.6 Å². The molecule has 164 valence electrons. The van der Waals surface area contributed by atoms with Crippen molar-refractivity contribution in [3.05, 3.63) is 63.1 Å². The van der Waals surface area contributed by atoms with Gasteiger partial charge in [-0.3, -0.25) is 19.0 Å². The average Bonchev–Trinajstić information content (AvgIpc) is 3.20. The van der Waals surface area contributed by atoms with Crippen LogP contribution in [0.4, 0.5) is 5.69 Å². The third-order valence-corrected chi connectivity index (χ3v) is 6.04. The summed E-state index contributed by atoms with van der Waals surface area (Å²) in [4.78, 5) is 25.4. The molecule has 31 heavy (non-hydrogen) atoms. The lowest BCUT2D eigenvalue weighted by atomic mass is 10.1. The summed E-state index contributed by atoms with van der Waals surface area (Å²) in [5, 5.41) is 14.3. The van der Waals surface area contributed by atoms with Gasteiger partial charge in [-0.05, 0) is 53.4 Å². The lowest BCUT2D eigenvalue weighted by Crippen LogP contribution is -2.30. The Labute approximate surface area is 190 Å². The Kier molecular flexibility index (Phi) is 6.94. The summed E-state index contributed by atoms with van der Waals surface area (Å²) < 4.78 is 4.35. The van der Waals surface area contributed by atoms with Crippen LogP contribution in [0.15, 0.2) is 34.9 Å². The van der Waals surface area contributed by atoms with Gasteiger partial charge < -0.3 is 10.6 Å². The first-order valence-electron chi connectivity index (χ1n) is 10.1. The van der Waals surface area contributed by atoms with Gasteiger partial charge in [0.2, 0.25) is 0 Å². The van der Waals surface area contributed by atoms with Crippen LogP contribution < -0.4 is 10.6 Å². The molecule has 0 spiro atoms. The van der Waals surface area contributed by atoms with E-state index in [0.717, 1.165) is 21.4 Å². The summed E-state index contributed by atoms with van der Waals surface area (Å²) in [6.45, 7) is 9.07. The fraction of sp³-hybridized carbons (Fsp3) is 0.364. The van der Waals surface area contributed by atoms with E-state index in [9.17, 15) is 9.59 Å². The number of hydrogen-bond acceptors (Lipinski definition) is 4. The number of amides is 2. The van der Waals surface area contributed by atoms with Crippen LogP contribution in [0.5, 0.6) is 0 Å². The molecule has 1 aromatic carbocycles. The zero-order valence-electron chi connectivity index (χ0n) is 18.4. The third-order valence-electron chi connectivity index (χ3n) is 4.89. The molecule has 2 heterocycles. The predicted molar refractivity (Wildman–Crippen MR) is 123 cm³/mol. The van der Waals surface area contributed by atoms with Crippen LogP contribution in [0.1, 0.15) is 51.6 Å². The molecule has 0 atom stereocenters. The average molecular weight is 487 g/mol. The SMILES string of the molecule is Cc1nn(Cc2cccc(C(=O)Nc3cnn(C)c3C(=O)NCC(C)C)c2)c(C)c1Br. The number of anilines is 1. The van der Waals surface area contributed by atoms with E-state index >= 15 is 0 Å². The van der Waals surface area contributed by atoms with Crippen molar-refractivity contribution in [3.63, 3.8) is 0 Å². The Balaban J connectivity index is 1.77. The fourth-order valence-corrected chi connectivity index (χ4v) is 3.47. The van der Waals surface area contributed by atoms with E-state index in [0.29, 0.717) is 36.0 Å². The molecule has 2 amide bonds. The summed E-state index contributed by atoms with van der Waals surface area (Å²) >= 11 is 3.54. The Bertz CT molecular complexity index is 1120. The van der Waals surface area contributed by atoms with Gasteiger partial charge in [0.05, 0.1) is 34.3 Å². The second kappa shape index (κ2) is 9.47. The van der Waals surface area contributed by atoms with Crippen molar-refractivity contribution in [2.75, 3.05) is 11.9 Å². The number of aromatic nitrogens is 4. The van der Waals surface area contributed by atoms with Crippen molar-refractivity contribution >= 4 is 33.4 Å². The summed E-state index contributed by atoms with van der Waals surface area (Å²) in [5.74, 6) is -0.254. The maximum absolute atomic E-state index is 12.9. The molecule has 0 saturated carbocycles. The molecule has 3 aromatic rings. The molecule has 3 rings (SSSR count). The molecule has 0 unspecified atom stereocenters. The largest absolute Gasteiger partial charge is 0.350 e. The van der Waals surface area contributed by atoms with Gasteiger partial charge in [0.25, 0.3) is 11.8 Å². The standard InChI is InChI=1S/C22H27BrN6O2/c1-13(2)10-24-22(31)20-18(11-25-28(20)5)26-21(30)17-8-6-7-16(9-17)12-29-15(4)19(23)14(3)27-29/h6-9,11,13H,10,12H2,1-5H3,(H,24,31)(H,26,30). The highest BCUT2D eigenvalue weighted by atomic mass is 79.9. The van der Waals surface area contributed by atoms with Gasteiger partial charge >= 0.3 is 0 Å². The highest BCUT2D eigenvalue weighted by Gasteiger charge is 2.19. The number of nitrogens with zero attached hydrogens (tertiary/aromatic N) is 4. The molecule has 8 nitrogen and oxygen atoms in total. The van der Waals surface area contributed by atoms with Crippen molar-refractivity contribution in [1.29, 1.82) is 0 Å². The molecule has 0 aliphatic heterocycles. The van der Waals surface area contributed by atoms with E-state index < -0.39 is 0 Å². The highest BCUT2D eigenvalue weighted by molar-refractivity contribution is 9.10. The normalized spacial score (nSPS) is 11.1. The van der Waals surface area contributed by atoms with Crippen LogP contribution in [0.25, 0.3) is 0 Å². The first kappa shape index (κ1) is 22.7. The van der Waals surface area contributed by atoms with Gasteiger partial charge in [0, 0.05) is 19.2 Å². The van der Waals surface area contributed by atoms with Crippen LogP contribution in [0.2, 0.25) is 0 Å². The molecule has 0 fully saturated rings. The van der Waals surface area contributed by atoms with Gasteiger partial charge in [-0.1, -0.05) is 26.0 Å². The van der Waals surface area contributed by atoms with Crippen molar-refractivity contribution in [3.8, 4) is 0 Å². The van der Waals surface area contributed by atoms with E-state index in [-0.39, 0.29) is 11.8 Å². The third kappa shape index (κ3) is 5.22. The van der Waals surface area contributed by atoms with Crippen LogP contribution >= 0.6 is 15.9 Å². The van der Waals surface area contributed by atoms with Gasteiger partial charge in [0.15, 0.2) is 0 Å². The van der Waals surface area contributed by atoms with Crippen molar-refractivity contribution < 1.29 is 9.59 Å². The molecular weight excluding hydrogens is 460 g/mol. The molecule has 0 saturated heterocycles. The minimum absolute atomic E-state index is 0.271. The Hall–Kier alpha value is -2.94. The van der Waals surface area contributed by atoms with E-state index in [1.54, 1.807) is 13.1 Å². The zero-order valence-corrected chi connectivity index (χ0v) is 19.9. The minimum atomic E-state index is -0.303. The first-order valence-corrected chi connectivity index (χ1v) is 10.9. The minimum Gasteiger partial charge on any atom is -0.350 e. The maximum atomic E-state index is 12.9. The number of hydrogen-bond donors (Lipinski definition) is 2. The van der Waals surface area contributed by atoms with Gasteiger partial charge in [-0.15, -0.1) is 0 Å². The molecule has 9 heteroatoms. The Morgan fingerprint density at radius 3 is 2.58 bits per heavy atom. The fourth-order valence-electron chi connectivity index (χ4n) is 3.19. The topological polar surface area (TPSA) is 93.8 Å². The number of carbonyl (C=O) groups is 2. The van der Waals surface area contributed by atoms with Crippen molar-refractivity contribution in [2.45, 2.75) is 34.2 Å². The molecular formula is C22H27BrN6O2. The molecule has 0 aliphatic carbocycles. The number of carbonyl (C=O) groups excluding carboxylic acids is 2.